The molecule has 3 aromatic rings. The van der Waals surface area contributed by atoms with Crippen molar-refractivity contribution in [3.8, 4) is 16.5 Å². The molecule has 0 bridgehead atoms. The van der Waals surface area contributed by atoms with Gasteiger partial charge >= 0.3 is 0 Å². The highest BCUT2D eigenvalue weighted by molar-refractivity contribution is 7.13. The van der Waals surface area contributed by atoms with Crippen LogP contribution in [0.4, 0.5) is 4.39 Å². The fourth-order valence-electron chi connectivity index (χ4n) is 2.30. The average Bonchev–Trinajstić information content (AvgIpc) is 3.32. The van der Waals surface area contributed by atoms with Crippen molar-refractivity contribution in [2.45, 2.75) is 26.4 Å². The van der Waals surface area contributed by atoms with Gasteiger partial charge in [0.25, 0.3) is 5.91 Å². The van der Waals surface area contributed by atoms with Crippen LogP contribution in [0.2, 0.25) is 0 Å². The van der Waals surface area contributed by atoms with Gasteiger partial charge in [-0.25, -0.2) is 9.37 Å². The summed E-state index contributed by atoms with van der Waals surface area (Å²) in [6.45, 7) is 3.24. The predicted octanol–water partition coefficient (Wildman–Crippen LogP) is 3.01. The van der Waals surface area contributed by atoms with E-state index in [4.69, 9.17) is 9.15 Å². The molecule has 0 aliphatic rings. The number of hydrogen-bond donors (Lipinski definition) is 2. The Hall–Kier alpha value is -3.20. The smallest absolute Gasteiger partial charge is 0.279 e. The number of hydrazine groups is 1. The normalized spacial score (nSPS) is 11.7. The highest BCUT2D eigenvalue weighted by atomic mass is 32.1. The number of aromatic nitrogens is 1. The van der Waals surface area contributed by atoms with Gasteiger partial charge in [0.2, 0.25) is 11.8 Å². The third-order valence-electron chi connectivity index (χ3n) is 3.77. The first-order valence-corrected chi connectivity index (χ1v) is 9.31. The summed E-state index contributed by atoms with van der Waals surface area (Å²) < 4.78 is 23.9. The number of amides is 2. The zero-order valence-corrected chi connectivity index (χ0v) is 16.0. The summed E-state index contributed by atoms with van der Waals surface area (Å²) in [5, 5.41) is 1.91. The van der Waals surface area contributed by atoms with Crippen LogP contribution in [-0.2, 0) is 16.0 Å². The van der Waals surface area contributed by atoms with Crippen LogP contribution in [0.1, 0.15) is 18.4 Å². The van der Waals surface area contributed by atoms with E-state index in [2.05, 4.69) is 15.8 Å². The monoisotopic (exact) mass is 403 g/mol. The van der Waals surface area contributed by atoms with Gasteiger partial charge in [0.05, 0.1) is 17.0 Å². The highest BCUT2D eigenvalue weighted by Crippen LogP contribution is 2.26. The molecule has 2 aromatic heterocycles. The first-order chi connectivity index (χ1) is 13.4. The van der Waals surface area contributed by atoms with Gasteiger partial charge in [0, 0.05) is 0 Å². The fraction of sp³-hybridized carbons (Fsp3) is 0.211. The minimum absolute atomic E-state index is 0.0474. The predicted molar refractivity (Wildman–Crippen MR) is 101 cm³/mol. The Morgan fingerprint density at radius 3 is 2.68 bits per heavy atom. The van der Waals surface area contributed by atoms with Gasteiger partial charge in [0.15, 0.2) is 6.10 Å². The molecule has 0 unspecified atom stereocenters. The maximum Gasteiger partial charge on any atom is 0.279 e. The lowest BCUT2D eigenvalue weighted by atomic mass is 10.2. The third kappa shape index (κ3) is 4.95. The number of nitrogens with zero attached hydrogens (tertiary/aromatic N) is 1. The van der Waals surface area contributed by atoms with Crippen molar-refractivity contribution in [3.63, 3.8) is 0 Å². The number of carbonyl (C=O) groups is 2. The van der Waals surface area contributed by atoms with Gasteiger partial charge in [-0.05, 0) is 49.6 Å². The number of hydrogen-bond acceptors (Lipinski definition) is 6. The van der Waals surface area contributed by atoms with Crippen LogP contribution in [-0.4, -0.2) is 22.9 Å². The quantitative estimate of drug-likeness (QED) is 0.617. The SMILES string of the molecule is Cc1oc(-c2cccs2)nc1CC(=O)NNC(=O)[C@@H](C)Oc1ccc(F)cc1. The molecule has 0 aliphatic heterocycles. The van der Waals surface area contributed by atoms with Gasteiger partial charge < -0.3 is 9.15 Å². The highest BCUT2D eigenvalue weighted by Gasteiger charge is 2.18. The molecule has 146 valence electrons. The van der Waals surface area contributed by atoms with E-state index in [0.717, 1.165) is 4.88 Å². The summed E-state index contributed by atoms with van der Waals surface area (Å²) in [5.41, 5.74) is 5.11. The zero-order chi connectivity index (χ0) is 20.1. The van der Waals surface area contributed by atoms with E-state index < -0.39 is 23.7 Å². The van der Waals surface area contributed by atoms with E-state index in [1.807, 2.05) is 17.5 Å². The Bertz CT molecular complexity index is 954. The van der Waals surface area contributed by atoms with Crippen LogP contribution in [0.15, 0.2) is 46.2 Å². The van der Waals surface area contributed by atoms with E-state index in [1.54, 1.807) is 6.92 Å². The number of oxazole rings is 1. The molecule has 0 radical (unpaired) electrons. The molecule has 0 fully saturated rings. The summed E-state index contributed by atoms with van der Waals surface area (Å²) in [5.74, 6) is -0.0550. The van der Waals surface area contributed by atoms with Crippen LogP contribution in [0, 0.1) is 12.7 Å². The van der Waals surface area contributed by atoms with Crippen molar-refractivity contribution < 1.29 is 23.1 Å². The van der Waals surface area contributed by atoms with Gasteiger partial charge in [-0.3, -0.25) is 20.4 Å². The molecule has 2 heterocycles. The number of thiophene rings is 1. The van der Waals surface area contributed by atoms with Gasteiger partial charge in [-0.1, -0.05) is 6.07 Å². The van der Waals surface area contributed by atoms with Crippen LogP contribution >= 0.6 is 11.3 Å². The first-order valence-electron chi connectivity index (χ1n) is 8.43. The molecule has 0 saturated carbocycles. The first kappa shape index (κ1) is 19.6. The summed E-state index contributed by atoms with van der Waals surface area (Å²) in [7, 11) is 0. The Morgan fingerprint density at radius 2 is 2.00 bits per heavy atom. The van der Waals surface area contributed by atoms with Crippen molar-refractivity contribution in [3.05, 3.63) is 59.0 Å². The fourth-order valence-corrected chi connectivity index (χ4v) is 2.95. The molecule has 9 heteroatoms. The minimum atomic E-state index is -0.884. The molecule has 1 atom stereocenters. The van der Waals surface area contributed by atoms with Crippen LogP contribution in [0.5, 0.6) is 5.75 Å². The average molecular weight is 403 g/mol. The summed E-state index contributed by atoms with van der Waals surface area (Å²) in [6, 6.07) is 9.05. The number of halogens is 1. The molecule has 0 saturated heterocycles. The number of nitrogens with one attached hydrogen (secondary N) is 2. The molecule has 28 heavy (non-hydrogen) atoms. The Kier molecular flexibility index (Phi) is 6.05. The van der Waals surface area contributed by atoms with Crippen LogP contribution < -0.4 is 15.6 Å². The second-order valence-electron chi connectivity index (χ2n) is 5.93. The largest absolute Gasteiger partial charge is 0.481 e. The maximum atomic E-state index is 12.9. The van der Waals surface area contributed by atoms with Crippen molar-refractivity contribution in [2.24, 2.45) is 0 Å². The van der Waals surface area contributed by atoms with Crippen molar-refractivity contribution in [1.82, 2.24) is 15.8 Å². The van der Waals surface area contributed by atoms with Gasteiger partial charge in [-0.15, -0.1) is 11.3 Å². The standard InChI is InChI=1S/C19H18FN3O4S/c1-11-15(21-19(27-11)16-4-3-9-28-16)10-17(24)22-23-18(25)12(2)26-14-7-5-13(20)6-8-14/h3-9,12H,10H2,1-2H3,(H,22,24)(H,23,25)/t12-/m1/s1. The number of aryl methyl sites for hydroxylation is 1. The Balaban J connectivity index is 1.50. The summed E-state index contributed by atoms with van der Waals surface area (Å²) in [6.07, 6.45) is -0.932. The third-order valence-corrected chi connectivity index (χ3v) is 4.63. The van der Waals surface area contributed by atoms with Crippen molar-refractivity contribution in [2.75, 3.05) is 0 Å². The molecule has 1 aromatic carbocycles. The van der Waals surface area contributed by atoms with Crippen molar-refractivity contribution in [1.29, 1.82) is 0 Å². The molecule has 0 aliphatic carbocycles. The van der Waals surface area contributed by atoms with Gasteiger partial charge in [0.1, 0.15) is 17.3 Å². The molecular weight excluding hydrogens is 385 g/mol. The second-order valence-corrected chi connectivity index (χ2v) is 6.88. The van der Waals surface area contributed by atoms with Crippen molar-refractivity contribution >= 4 is 23.2 Å². The number of carbonyl (C=O) groups excluding carboxylic acids is 2. The van der Waals surface area contributed by atoms with E-state index in [9.17, 15) is 14.0 Å². The van der Waals surface area contributed by atoms with E-state index >= 15 is 0 Å². The lowest BCUT2D eigenvalue weighted by Gasteiger charge is -2.15. The van der Waals surface area contributed by atoms with E-state index in [0.29, 0.717) is 23.1 Å². The van der Waals surface area contributed by atoms with Crippen LogP contribution in [0.3, 0.4) is 0 Å². The molecular formula is C19H18FN3O4S. The van der Waals surface area contributed by atoms with Crippen LogP contribution in [0.25, 0.3) is 10.8 Å². The zero-order valence-electron chi connectivity index (χ0n) is 15.2. The number of rotatable bonds is 6. The number of benzene rings is 1. The molecule has 2 N–H and O–H groups in total. The van der Waals surface area contributed by atoms with Gasteiger partial charge in [-0.2, -0.15) is 0 Å². The minimum Gasteiger partial charge on any atom is -0.481 e. The molecule has 3 rings (SSSR count). The summed E-state index contributed by atoms with van der Waals surface area (Å²) >= 11 is 1.49. The summed E-state index contributed by atoms with van der Waals surface area (Å²) in [4.78, 5) is 29.3. The Labute approximate surface area is 164 Å². The topological polar surface area (TPSA) is 93.5 Å². The number of ether oxygens (including phenoxy) is 1. The van der Waals surface area contributed by atoms with E-state index in [-0.39, 0.29) is 6.42 Å². The lowest BCUT2D eigenvalue weighted by Crippen LogP contribution is -2.47. The molecule has 0 spiro atoms. The molecule has 2 amide bonds. The Morgan fingerprint density at radius 1 is 1.25 bits per heavy atom. The van der Waals surface area contributed by atoms with E-state index in [1.165, 1.54) is 42.5 Å². The maximum absolute atomic E-state index is 12.9. The second kappa shape index (κ2) is 8.66. The molecule has 7 nitrogen and oxygen atoms in total. The lowest BCUT2D eigenvalue weighted by molar-refractivity contribution is -0.132.